The molecule has 84 valence electrons. The highest BCUT2D eigenvalue weighted by atomic mass is 32.1. The summed E-state index contributed by atoms with van der Waals surface area (Å²) in [7, 11) is 2.22. The molecule has 2 aromatic rings. The lowest BCUT2D eigenvalue weighted by molar-refractivity contribution is 0.257. The van der Waals surface area contributed by atoms with Crippen molar-refractivity contribution in [3.8, 4) is 0 Å². The van der Waals surface area contributed by atoms with Gasteiger partial charge in [0, 0.05) is 9.58 Å². The standard InChI is InChI=1S/C14H17NS/c1-15-8-6-11(7-9-15)14-10-12-4-2-3-5-13(12)16-14/h2-5,10-11H,6-9H2,1H3. The molecular formula is C14H17NS. The number of fused-ring (bicyclic) bond motifs is 1. The van der Waals surface area contributed by atoms with Crippen LogP contribution >= 0.6 is 11.3 Å². The first kappa shape index (κ1) is 10.3. The molecule has 0 N–H and O–H groups in total. The van der Waals surface area contributed by atoms with Crippen LogP contribution in [-0.4, -0.2) is 25.0 Å². The van der Waals surface area contributed by atoms with Gasteiger partial charge in [-0.25, -0.2) is 0 Å². The molecule has 0 unspecified atom stereocenters. The molecule has 1 aliphatic rings. The van der Waals surface area contributed by atoms with Crippen LogP contribution in [0, 0.1) is 0 Å². The Balaban J connectivity index is 1.88. The summed E-state index contributed by atoms with van der Waals surface area (Å²) < 4.78 is 1.44. The molecule has 3 rings (SSSR count). The van der Waals surface area contributed by atoms with Crippen molar-refractivity contribution in [2.24, 2.45) is 0 Å². The Hall–Kier alpha value is -0.860. The van der Waals surface area contributed by atoms with Crippen molar-refractivity contribution in [2.45, 2.75) is 18.8 Å². The molecule has 0 bridgehead atoms. The fourth-order valence-corrected chi connectivity index (χ4v) is 3.73. The number of benzene rings is 1. The molecule has 1 nitrogen and oxygen atoms in total. The molecule has 1 fully saturated rings. The van der Waals surface area contributed by atoms with Crippen molar-refractivity contribution >= 4 is 21.4 Å². The Morgan fingerprint density at radius 2 is 1.94 bits per heavy atom. The highest BCUT2D eigenvalue weighted by Gasteiger charge is 2.19. The number of hydrogen-bond acceptors (Lipinski definition) is 2. The van der Waals surface area contributed by atoms with Crippen LogP contribution in [0.5, 0.6) is 0 Å². The van der Waals surface area contributed by atoms with E-state index in [4.69, 9.17) is 0 Å². The van der Waals surface area contributed by atoms with E-state index in [-0.39, 0.29) is 0 Å². The molecule has 2 heterocycles. The Kier molecular flexibility index (Phi) is 2.70. The molecule has 0 radical (unpaired) electrons. The van der Waals surface area contributed by atoms with Crippen LogP contribution in [0.4, 0.5) is 0 Å². The van der Waals surface area contributed by atoms with Crippen LogP contribution in [0.15, 0.2) is 30.3 Å². The number of piperidine rings is 1. The summed E-state index contributed by atoms with van der Waals surface area (Å²) in [5.74, 6) is 0.800. The van der Waals surface area contributed by atoms with Gasteiger partial charge in [-0.3, -0.25) is 0 Å². The molecule has 0 amide bonds. The predicted molar refractivity (Wildman–Crippen MR) is 71.3 cm³/mol. The molecule has 1 aliphatic heterocycles. The minimum atomic E-state index is 0.800. The maximum atomic E-state index is 2.43. The molecule has 0 aliphatic carbocycles. The zero-order valence-corrected chi connectivity index (χ0v) is 10.5. The number of hydrogen-bond donors (Lipinski definition) is 0. The van der Waals surface area contributed by atoms with Gasteiger partial charge in [0.15, 0.2) is 0 Å². The van der Waals surface area contributed by atoms with Crippen molar-refractivity contribution in [2.75, 3.05) is 20.1 Å². The summed E-state index contributed by atoms with van der Waals surface area (Å²) in [6.45, 7) is 2.50. The van der Waals surface area contributed by atoms with Gasteiger partial charge in [0.1, 0.15) is 0 Å². The predicted octanol–water partition coefficient (Wildman–Crippen LogP) is 3.71. The Bertz CT molecular complexity index is 447. The second kappa shape index (κ2) is 4.19. The van der Waals surface area contributed by atoms with E-state index in [0.29, 0.717) is 0 Å². The fraction of sp³-hybridized carbons (Fsp3) is 0.429. The van der Waals surface area contributed by atoms with Crippen LogP contribution in [0.2, 0.25) is 0 Å². The van der Waals surface area contributed by atoms with E-state index < -0.39 is 0 Å². The lowest BCUT2D eigenvalue weighted by atomic mass is 9.95. The Morgan fingerprint density at radius 1 is 1.19 bits per heavy atom. The lowest BCUT2D eigenvalue weighted by Gasteiger charge is -2.28. The van der Waals surface area contributed by atoms with E-state index in [9.17, 15) is 0 Å². The van der Waals surface area contributed by atoms with Crippen LogP contribution in [0.1, 0.15) is 23.6 Å². The van der Waals surface area contributed by atoms with Gasteiger partial charge in [-0.15, -0.1) is 11.3 Å². The first-order valence-electron chi connectivity index (χ1n) is 6.00. The number of thiophene rings is 1. The molecule has 0 atom stereocenters. The van der Waals surface area contributed by atoms with Crippen LogP contribution in [-0.2, 0) is 0 Å². The fourth-order valence-electron chi connectivity index (χ4n) is 2.50. The quantitative estimate of drug-likeness (QED) is 0.723. The van der Waals surface area contributed by atoms with Gasteiger partial charge in [-0.2, -0.15) is 0 Å². The smallest absolute Gasteiger partial charge is 0.0345 e. The third-order valence-corrected chi connectivity index (χ3v) is 4.84. The summed E-state index contributed by atoms with van der Waals surface area (Å²) in [5, 5.41) is 1.42. The van der Waals surface area contributed by atoms with E-state index in [0.717, 1.165) is 5.92 Å². The molecule has 16 heavy (non-hydrogen) atoms. The SMILES string of the molecule is CN1CCC(c2cc3ccccc3s2)CC1. The maximum Gasteiger partial charge on any atom is 0.0345 e. The van der Waals surface area contributed by atoms with Gasteiger partial charge in [-0.1, -0.05) is 18.2 Å². The number of nitrogens with zero attached hydrogens (tertiary/aromatic N) is 1. The summed E-state index contributed by atoms with van der Waals surface area (Å²) >= 11 is 1.99. The zero-order chi connectivity index (χ0) is 11.0. The highest BCUT2D eigenvalue weighted by molar-refractivity contribution is 7.19. The summed E-state index contributed by atoms with van der Waals surface area (Å²) in [5.41, 5.74) is 0. The van der Waals surface area contributed by atoms with Crippen LogP contribution in [0.25, 0.3) is 10.1 Å². The summed E-state index contributed by atoms with van der Waals surface area (Å²) in [4.78, 5) is 4.03. The molecular weight excluding hydrogens is 214 g/mol. The maximum absolute atomic E-state index is 2.43. The van der Waals surface area contributed by atoms with Gasteiger partial charge >= 0.3 is 0 Å². The minimum absolute atomic E-state index is 0.800. The molecule has 2 heteroatoms. The second-order valence-electron chi connectivity index (χ2n) is 4.76. The topological polar surface area (TPSA) is 3.24 Å². The average molecular weight is 231 g/mol. The molecule has 0 spiro atoms. The third kappa shape index (κ3) is 1.87. The van der Waals surface area contributed by atoms with E-state index in [1.807, 2.05) is 11.3 Å². The van der Waals surface area contributed by atoms with E-state index >= 15 is 0 Å². The van der Waals surface area contributed by atoms with Crippen molar-refractivity contribution < 1.29 is 0 Å². The van der Waals surface area contributed by atoms with Crippen molar-refractivity contribution in [1.29, 1.82) is 0 Å². The average Bonchev–Trinajstić information content (AvgIpc) is 2.73. The van der Waals surface area contributed by atoms with E-state index in [1.165, 1.54) is 36.0 Å². The van der Waals surface area contributed by atoms with E-state index in [2.05, 4.69) is 42.3 Å². The monoisotopic (exact) mass is 231 g/mol. The second-order valence-corrected chi connectivity index (χ2v) is 5.88. The molecule has 1 aromatic heterocycles. The zero-order valence-electron chi connectivity index (χ0n) is 9.65. The molecule has 0 saturated carbocycles. The largest absolute Gasteiger partial charge is 0.306 e. The number of rotatable bonds is 1. The van der Waals surface area contributed by atoms with E-state index in [1.54, 1.807) is 4.88 Å². The molecule has 1 aromatic carbocycles. The molecule has 1 saturated heterocycles. The Labute approximate surface area is 101 Å². The summed E-state index contributed by atoms with van der Waals surface area (Å²) in [6.07, 6.45) is 2.65. The summed E-state index contributed by atoms with van der Waals surface area (Å²) in [6, 6.07) is 11.1. The first-order chi connectivity index (χ1) is 7.83. The van der Waals surface area contributed by atoms with Gasteiger partial charge in [0.05, 0.1) is 0 Å². The Morgan fingerprint density at radius 3 is 2.69 bits per heavy atom. The van der Waals surface area contributed by atoms with Gasteiger partial charge in [-0.05, 0) is 56.4 Å². The highest BCUT2D eigenvalue weighted by Crippen LogP contribution is 2.35. The number of likely N-dealkylation sites (tertiary alicyclic amines) is 1. The van der Waals surface area contributed by atoms with Gasteiger partial charge in [0.2, 0.25) is 0 Å². The van der Waals surface area contributed by atoms with Crippen LogP contribution < -0.4 is 0 Å². The van der Waals surface area contributed by atoms with Gasteiger partial charge in [0.25, 0.3) is 0 Å². The van der Waals surface area contributed by atoms with Crippen molar-refractivity contribution in [1.82, 2.24) is 4.90 Å². The lowest BCUT2D eigenvalue weighted by Crippen LogP contribution is -2.28. The normalized spacial score (nSPS) is 19.3. The van der Waals surface area contributed by atoms with Crippen LogP contribution in [0.3, 0.4) is 0 Å². The van der Waals surface area contributed by atoms with Crippen molar-refractivity contribution in [3.63, 3.8) is 0 Å². The first-order valence-corrected chi connectivity index (χ1v) is 6.81. The minimum Gasteiger partial charge on any atom is -0.306 e. The van der Waals surface area contributed by atoms with Crippen molar-refractivity contribution in [3.05, 3.63) is 35.2 Å². The van der Waals surface area contributed by atoms with Gasteiger partial charge < -0.3 is 4.90 Å². The third-order valence-electron chi connectivity index (χ3n) is 3.57.